The summed E-state index contributed by atoms with van der Waals surface area (Å²) in [7, 11) is -4.17. The van der Waals surface area contributed by atoms with Crippen molar-refractivity contribution in [2.75, 3.05) is 6.16 Å². The molecule has 0 fully saturated rings. The molecule has 4 N–H and O–H groups in total. The highest BCUT2D eigenvalue weighted by atomic mass is 31.2. The lowest BCUT2D eigenvalue weighted by Gasteiger charge is -2.21. The van der Waals surface area contributed by atoms with Gasteiger partial charge in [-0.05, 0) is 12.8 Å². The third-order valence-corrected chi connectivity index (χ3v) is 2.96. The molecule has 0 aromatic rings. The van der Waals surface area contributed by atoms with E-state index in [1.165, 1.54) is 6.92 Å². The van der Waals surface area contributed by atoms with Gasteiger partial charge in [-0.15, -0.1) is 0 Å². The van der Waals surface area contributed by atoms with Crippen molar-refractivity contribution in [3.63, 3.8) is 0 Å². The molecule has 17 heavy (non-hydrogen) atoms. The summed E-state index contributed by atoms with van der Waals surface area (Å²) in [4.78, 5) is 39.0. The molecule has 0 rings (SSSR count). The number of hydrogen-bond donors (Lipinski definition) is 4. The molecule has 0 aromatic heterocycles. The lowest BCUT2D eigenvalue weighted by Crippen LogP contribution is -2.42. The van der Waals surface area contributed by atoms with Crippen LogP contribution < -0.4 is 0 Å². The molecule has 1 amide bonds. The number of carbonyl (C=O) groups is 2. The van der Waals surface area contributed by atoms with Crippen LogP contribution in [0.15, 0.2) is 0 Å². The third-order valence-electron chi connectivity index (χ3n) is 2.06. The first kappa shape index (κ1) is 16.1. The Labute approximate surface area is 98.0 Å². The van der Waals surface area contributed by atoms with Gasteiger partial charge < -0.3 is 14.9 Å². The van der Waals surface area contributed by atoms with Crippen molar-refractivity contribution in [1.82, 2.24) is 5.06 Å². The predicted molar refractivity (Wildman–Crippen MR) is 56.5 cm³/mol. The molecule has 0 heterocycles. The topological polar surface area (TPSA) is 135 Å². The number of aliphatic carboxylic acids is 1. The van der Waals surface area contributed by atoms with E-state index in [1.807, 2.05) is 0 Å². The first-order valence-corrected chi connectivity index (χ1v) is 6.77. The fourth-order valence-electron chi connectivity index (χ4n) is 1.18. The Morgan fingerprint density at radius 1 is 1.35 bits per heavy atom. The van der Waals surface area contributed by atoms with Crippen molar-refractivity contribution in [3.05, 3.63) is 0 Å². The van der Waals surface area contributed by atoms with E-state index in [1.54, 1.807) is 0 Å². The molecule has 0 aliphatic heterocycles. The zero-order valence-electron chi connectivity index (χ0n) is 9.31. The fourth-order valence-corrected chi connectivity index (χ4v) is 1.75. The first-order valence-electron chi connectivity index (χ1n) is 4.97. The average molecular weight is 269 g/mol. The predicted octanol–water partition coefficient (Wildman–Crippen LogP) is 0.0253. The Bertz CT molecular complexity index is 326. The van der Waals surface area contributed by atoms with Crippen molar-refractivity contribution in [2.24, 2.45) is 0 Å². The number of rotatable bonds is 7. The lowest BCUT2D eigenvalue weighted by atomic mass is 10.2. The van der Waals surface area contributed by atoms with Crippen molar-refractivity contribution in [3.8, 4) is 0 Å². The minimum absolute atomic E-state index is 0.0378. The van der Waals surface area contributed by atoms with Gasteiger partial charge in [0.15, 0.2) is 6.04 Å². The Morgan fingerprint density at radius 2 is 1.88 bits per heavy atom. The largest absolute Gasteiger partial charge is 0.480 e. The van der Waals surface area contributed by atoms with Crippen LogP contribution in [-0.4, -0.2) is 49.2 Å². The van der Waals surface area contributed by atoms with Crippen LogP contribution >= 0.6 is 7.60 Å². The number of nitrogens with zero attached hydrogens (tertiary/aromatic N) is 1. The molecule has 0 aliphatic carbocycles. The van der Waals surface area contributed by atoms with E-state index in [0.29, 0.717) is 0 Å². The Hall–Kier alpha value is -0.950. The van der Waals surface area contributed by atoms with Crippen LogP contribution in [0.1, 0.15) is 26.2 Å². The van der Waals surface area contributed by atoms with Gasteiger partial charge in [-0.3, -0.25) is 14.6 Å². The molecule has 100 valence electrons. The molecule has 0 saturated carbocycles. The number of carboxylic acid groups (broad SMARTS) is 1. The second kappa shape index (κ2) is 6.70. The van der Waals surface area contributed by atoms with E-state index < -0.39 is 31.7 Å². The highest BCUT2D eigenvalue weighted by molar-refractivity contribution is 7.51. The summed E-state index contributed by atoms with van der Waals surface area (Å²) in [5.41, 5.74) is 0. The minimum Gasteiger partial charge on any atom is -0.480 e. The number of carboxylic acids is 1. The molecule has 1 atom stereocenters. The highest BCUT2D eigenvalue weighted by Gasteiger charge is 2.27. The zero-order chi connectivity index (χ0) is 13.6. The van der Waals surface area contributed by atoms with Crippen LogP contribution in [-0.2, 0) is 14.2 Å². The highest BCUT2D eigenvalue weighted by Crippen LogP contribution is 2.35. The average Bonchev–Trinajstić information content (AvgIpc) is 2.15. The van der Waals surface area contributed by atoms with Crippen LogP contribution in [0.2, 0.25) is 0 Å². The van der Waals surface area contributed by atoms with Crippen LogP contribution in [0.3, 0.4) is 0 Å². The summed E-state index contributed by atoms with van der Waals surface area (Å²) >= 11 is 0. The van der Waals surface area contributed by atoms with Gasteiger partial charge in [0.2, 0.25) is 5.91 Å². The second-order valence-corrected chi connectivity index (χ2v) is 5.27. The molecular weight excluding hydrogens is 253 g/mol. The van der Waals surface area contributed by atoms with Gasteiger partial charge in [0, 0.05) is 6.42 Å². The van der Waals surface area contributed by atoms with E-state index >= 15 is 0 Å². The monoisotopic (exact) mass is 269 g/mol. The molecule has 0 saturated heterocycles. The SMILES string of the molecule is CCC(C(=O)O)N(O)C(=O)CCCP(=O)(O)O. The molecule has 0 bridgehead atoms. The molecular formula is C8H16NO7P. The smallest absolute Gasteiger partial charge is 0.329 e. The summed E-state index contributed by atoms with van der Waals surface area (Å²) in [6, 6.07) is -1.34. The number of carbonyl (C=O) groups excluding carboxylic acids is 1. The van der Waals surface area contributed by atoms with Gasteiger partial charge >= 0.3 is 13.6 Å². The van der Waals surface area contributed by atoms with Crippen LogP contribution in [0.25, 0.3) is 0 Å². The summed E-state index contributed by atoms with van der Waals surface area (Å²) < 4.78 is 10.5. The standard InChI is InChI=1S/C8H16NO7P/c1-2-6(8(11)12)9(13)7(10)4-3-5-17(14,15)16/h6,13H,2-5H2,1H3,(H,11,12)(H2,14,15,16). The lowest BCUT2D eigenvalue weighted by molar-refractivity contribution is -0.186. The molecule has 0 spiro atoms. The zero-order valence-corrected chi connectivity index (χ0v) is 10.2. The van der Waals surface area contributed by atoms with Gasteiger partial charge in [0.1, 0.15) is 0 Å². The quantitative estimate of drug-likeness (QED) is 0.290. The van der Waals surface area contributed by atoms with Crippen molar-refractivity contribution >= 4 is 19.5 Å². The summed E-state index contributed by atoms with van der Waals surface area (Å²) in [5, 5.41) is 18.1. The van der Waals surface area contributed by atoms with Crippen LogP contribution in [0.4, 0.5) is 0 Å². The molecule has 9 heteroatoms. The Kier molecular flexibility index (Phi) is 6.33. The van der Waals surface area contributed by atoms with E-state index in [4.69, 9.17) is 14.9 Å². The van der Waals surface area contributed by atoms with E-state index in [0.717, 1.165) is 0 Å². The Morgan fingerprint density at radius 3 is 2.24 bits per heavy atom. The maximum atomic E-state index is 11.3. The summed E-state index contributed by atoms with van der Waals surface area (Å²) in [6.45, 7) is 1.49. The van der Waals surface area contributed by atoms with Gasteiger partial charge in [-0.2, -0.15) is 0 Å². The number of hydroxylamine groups is 2. The van der Waals surface area contributed by atoms with Gasteiger partial charge in [-0.1, -0.05) is 6.92 Å². The van der Waals surface area contributed by atoms with Crippen molar-refractivity contribution in [1.29, 1.82) is 0 Å². The minimum atomic E-state index is -4.17. The van der Waals surface area contributed by atoms with Gasteiger partial charge in [0.25, 0.3) is 0 Å². The maximum absolute atomic E-state index is 11.3. The van der Waals surface area contributed by atoms with Crippen LogP contribution in [0, 0.1) is 0 Å². The second-order valence-electron chi connectivity index (χ2n) is 3.49. The van der Waals surface area contributed by atoms with E-state index in [9.17, 15) is 19.4 Å². The summed E-state index contributed by atoms with van der Waals surface area (Å²) in [5.74, 6) is -2.20. The molecule has 8 nitrogen and oxygen atoms in total. The van der Waals surface area contributed by atoms with E-state index in [2.05, 4.69) is 0 Å². The van der Waals surface area contributed by atoms with E-state index in [-0.39, 0.29) is 24.3 Å². The van der Waals surface area contributed by atoms with Crippen molar-refractivity contribution < 1.29 is 34.3 Å². The number of hydrogen-bond acceptors (Lipinski definition) is 4. The number of amides is 1. The molecule has 0 aromatic carbocycles. The normalized spacial score (nSPS) is 13.2. The molecule has 0 radical (unpaired) electrons. The van der Waals surface area contributed by atoms with Gasteiger partial charge in [0.05, 0.1) is 6.16 Å². The first-order chi connectivity index (χ1) is 7.69. The molecule has 0 aliphatic rings. The van der Waals surface area contributed by atoms with Crippen molar-refractivity contribution in [2.45, 2.75) is 32.2 Å². The fraction of sp³-hybridized carbons (Fsp3) is 0.750. The molecule has 1 unspecified atom stereocenters. The van der Waals surface area contributed by atoms with Crippen LogP contribution in [0.5, 0.6) is 0 Å². The summed E-state index contributed by atoms with van der Waals surface area (Å²) in [6.07, 6.45) is -0.867. The maximum Gasteiger partial charge on any atom is 0.329 e. The van der Waals surface area contributed by atoms with Gasteiger partial charge in [-0.25, -0.2) is 9.86 Å². The Balaban J connectivity index is 4.22. The third kappa shape index (κ3) is 6.38.